The van der Waals surface area contributed by atoms with Gasteiger partial charge >= 0.3 is 0 Å². The van der Waals surface area contributed by atoms with Gasteiger partial charge in [-0.3, -0.25) is 0 Å². The van der Waals surface area contributed by atoms with E-state index < -0.39 is 10.0 Å². The van der Waals surface area contributed by atoms with Gasteiger partial charge in [0.1, 0.15) is 11.5 Å². The molecule has 0 radical (unpaired) electrons. The van der Waals surface area contributed by atoms with Crippen LogP contribution in [0.3, 0.4) is 0 Å². The highest BCUT2D eigenvalue weighted by atomic mass is 32.2. The summed E-state index contributed by atoms with van der Waals surface area (Å²) in [5.74, 6) is 1.23. The predicted octanol–water partition coefficient (Wildman–Crippen LogP) is 2.49. The predicted molar refractivity (Wildman–Crippen MR) is 84.8 cm³/mol. The van der Waals surface area contributed by atoms with E-state index in [0.29, 0.717) is 17.1 Å². The van der Waals surface area contributed by atoms with E-state index in [2.05, 4.69) is 4.72 Å². The van der Waals surface area contributed by atoms with Crippen LogP contribution in [0.25, 0.3) is 0 Å². The minimum Gasteiger partial charge on any atom is -0.497 e. The number of hydrogen-bond acceptors (Lipinski definition) is 4. The lowest BCUT2D eigenvalue weighted by molar-refractivity contribution is 0.390. The zero-order valence-corrected chi connectivity index (χ0v) is 13.6. The van der Waals surface area contributed by atoms with Crippen LogP contribution in [-0.2, 0) is 16.6 Å². The maximum atomic E-state index is 12.4. The molecule has 118 valence electrons. The smallest absolute Gasteiger partial charge is 0.241 e. The van der Waals surface area contributed by atoms with E-state index >= 15 is 0 Å². The molecule has 6 heteroatoms. The summed E-state index contributed by atoms with van der Waals surface area (Å²) in [6, 6.07) is 12.1. The maximum absolute atomic E-state index is 12.4. The molecule has 0 unspecified atom stereocenters. The molecule has 0 saturated heterocycles. The second-order valence-corrected chi connectivity index (χ2v) is 6.50. The quantitative estimate of drug-likeness (QED) is 0.888. The summed E-state index contributed by atoms with van der Waals surface area (Å²) in [6.07, 6.45) is 0. The minimum absolute atomic E-state index is 0.143. The van der Waals surface area contributed by atoms with Gasteiger partial charge in [-0.2, -0.15) is 0 Å². The van der Waals surface area contributed by atoms with Crippen molar-refractivity contribution in [1.29, 1.82) is 0 Å². The van der Waals surface area contributed by atoms with Gasteiger partial charge in [0, 0.05) is 18.2 Å². The number of nitrogens with one attached hydrogen (secondary N) is 1. The molecule has 0 aliphatic carbocycles. The summed E-state index contributed by atoms with van der Waals surface area (Å²) in [4.78, 5) is 0.280. The van der Waals surface area contributed by atoms with Crippen molar-refractivity contribution in [1.82, 2.24) is 4.72 Å². The van der Waals surface area contributed by atoms with Crippen molar-refractivity contribution < 1.29 is 17.9 Å². The third kappa shape index (κ3) is 3.58. The summed E-state index contributed by atoms with van der Waals surface area (Å²) in [5.41, 5.74) is 1.44. The van der Waals surface area contributed by atoms with E-state index in [9.17, 15) is 8.42 Å². The van der Waals surface area contributed by atoms with Crippen molar-refractivity contribution in [2.24, 2.45) is 0 Å². The highest BCUT2D eigenvalue weighted by Crippen LogP contribution is 2.25. The topological polar surface area (TPSA) is 64.6 Å². The first kappa shape index (κ1) is 16.3. The second-order valence-electron chi connectivity index (χ2n) is 4.77. The zero-order valence-electron chi connectivity index (χ0n) is 12.8. The van der Waals surface area contributed by atoms with Crippen molar-refractivity contribution in [2.75, 3.05) is 14.2 Å². The van der Waals surface area contributed by atoms with Crippen molar-refractivity contribution in [3.8, 4) is 11.5 Å². The van der Waals surface area contributed by atoms with Crippen LogP contribution >= 0.6 is 0 Å². The lowest BCUT2D eigenvalue weighted by Gasteiger charge is -2.12. The second kappa shape index (κ2) is 6.81. The van der Waals surface area contributed by atoms with Gasteiger partial charge < -0.3 is 9.47 Å². The van der Waals surface area contributed by atoms with Gasteiger partial charge in [0.15, 0.2) is 0 Å². The monoisotopic (exact) mass is 321 g/mol. The van der Waals surface area contributed by atoms with Crippen LogP contribution in [0.15, 0.2) is 47.4 Å². The molecule has 0 atom stereocenters. The molecule has 0 heterocycles. The molecular weight excluding hydrogens is 302 g/mol. The van der Waals surface area contributed by atoms with E-state index in [-0.39, 0.29) is 11.4 Å². The normalized spacial score (nSPS) is 11.2. The van der Waals surface area contributed by atoms with Gasteiger partial charge in [0.25, 0.3) is 0 Å². The Kier molecular flexibility index (Phi) is 5.05. The number of hydrogen-bond donors (Lipinski definition) is 1. The van der Waals surface area contributed by atoms with Crippen LogP contribution in [0.5, 0.6) is 11.5 Å². The number of ether oxygens (including phenoxy) is 2. The van der Waals surface area contributed by atoms with Gasteiger partial charge in [-0.1, -0.05) is 24.3 Å². The Morgan fingerprint density at radius 2 is 1.77 bits per heavy atom. The summed E-state index contributed by atoms with van der Waals surface area (Å²) in [5, 5.41) is 0. The summed E-state index contributed by atoms with van der Waals surface area (Å²) in [7, 11) is -0.466. The fourth-order valence-electron chi connectivity index (χ4n) is 2.11. The molecule has 0 amide bonds. The molecule has 0 saturated carbocycles. The maximum Gasteiger partial charge on any atom is 0.241 e. The first-order chi connectivity index (χ1) is 10.5. The van der Waals surface area contributed by atoms with Crippen LogP contribution < -0.4 is 14.2 Å². The summed E-state index contributed by atoms with van der Waals surface area (Å²) in [6.45, 7) is 1.91. The Balaban J connectivity index is 2.21. The van der Waals surface area contributed by atoms with Crippen molar-refractivity contribution in [3.05, 3.63) is 53.6 Å². The molecular formula is C16H19NO4S. The number of benzene rings is 2. The average molecular weight is 321 g/mol. The molecule has 0 spiro atoms. The highest BCUT2D eigenvalue weighted by molar-refractivity contribution is 7.89. The van der Waals surface area contributed by atoms with E-state index in [0.717, 1.165) is 5.56 Å². The third-order valence-corrected chi connectivity index (χ3v) is 4.89. The van der Waals surface area contributed by atoms with Crippen molar-refractivity contribution in [2.45, 2.75) is 18.4 Å². The molecule has 1 N–H and O–H groups in total. The van der Waals surface area contributed by atoms with Crippen LogP contribution in [0, 0.1) is 6.92 Å². The van der Waals surface area contributed by atoms with Crippen LogP contribution in [0.1, 0.15) is 11.1 Å². The molecule has 2 rings (SSSR count). The largest absolute Gasteiger partial charge is 0.497 e. The van der Waals surface area contributed by atoms with E-state index in [4.69, 9.17) is 9.47 Å². The molecule has 0 fully saturated rings. The summed E-state index contributed by atoms with van der Waals surface area (Å²) >= 11 is 0. The molecule has 0 bridgehead atoms. The van der Waals surface area contributed by atoms with E-state index in [1.165, 1.54) is 7.11 Å². The average Bonchev–Trinajstić information content (AvgIpc) is 2.53. The highest BCUT2D eigenvalue weighted by Gasteiger charge is 2.16. The number of sulfonamides is 1. The Bertz CT molecular complexity index is 756. The van der Waals surface area contributed by atoms with Crippen molar-refractivity contribution >= 4 is 10.0 Å². The van der Waals surface area contributed by atoms with Crippen molar-refractivity contribution in [3.63, 3.8) is 0 Å². The minimum atomic E-state index is -3.57. The van der Waals surface area contributed by atoms with E-state index in [1.807, 2.05) is 0 Å². The van der Waals surface area contributed by atoms with Gasteiger partial charge in [-0.05, 0) is 24.6 Å². The number of methoxy groups -OCH3 is 2. The van der Waals surface area contributed by atoms with Crippen LogP contribution in [-0.4, -0.2) is 22.6 Å². The molecule has 0 aliphatic heterocycles. The van der Waals surface area contributed by atoms with Gasteiger partial charge in [0.2, 0.25) is 10.0 Å². The Labute approximate surface area is 130 Å². The lowest BCUT2D eigenvalue weighted by Crippen LogP contribution is -2.24. The SMILES string of the molecule is COc1ccc(CNS(=O)(=O)c2ccccc2C)c(OC)c1. The zero-order chi connectivity index (χ0) is 16.2. The molecule has 0 aromatic heterocycles. The van der Waals surface area contributed by atoms with Gasteiger partial charge in [-0.25, -0.2) is 13.1 Å². The fourth-order valence-corrected chi connectivity index (χ4v) is 3.36. The molecule has 22 heavy (non-hydrogen) atoms. The molecule has 0 aliphatic rings. The first-order valence-electron chi connectivity index (χ1n) is 6.74. The lowest BCUT2D eigenvalue weighted by atomic mass is 10.2. The number of aryl methyl sites for hydroxylation is 1. The molecule has 5 nitrogen and oxygen atoms in total. The first-order valence-corrected chi connectivity index (χ1v) is 8.22. The standard InChI is InChI=1S/C16H19NO4S/c1-12-6-4-5-7-16(12)22(18,19)17-11-13-8-9-14(20-2)10-15(13)21-3/h4-10,17H,11H2,1-3H3. The van der Waals surface area contributed by atoms with Crippen LogP contribution in [0.2, 0.25) is 0 Å². The molecule has 2 aromatic rings. The Morgan fingerprint density at radius 1 is 1.05 bits per heavy atom. The van der Waals surface area contributed by atoms with E-state index in [1.54, 1.807) is 56.5 Å². The molecule has 2 aromatic carbocycles. The van der Waals surface area contributed by atoms with Gasteiger partial charge in [-0.15, -0.1) is 0 Å². The Morgan fingerprint density at radius 3 is 2.41 bits per heavy atom. The fraction of sp³-hybridized carbons (Fsp3) is 0.250. The third-order valence-electron chi connectivity index (χ3n) is 3.33. The van der Waals surface area contributed by atoms with Crippen LogP contribution in [0.4, 0.5) is 0 Å². The summed E-state index contributed by atoms with van der Waals surface area (Å²) < 4.78 is 37.7. The Hall–Kier alpha value is -2.05. The van der Waals surface area contributed by atoms with Gasteiger partial charge in [0.05, 0.1) is 19.1 Å². The number of rotatable bonds is 6.